The zero-order valence-electron chi connectivity index (χ0n) is 9.03. The van der Waals surface area contributed by atoms with Crippen LogP contribution >= 0.6 is 0 Å². The summed E-state index contributed by atoms with van der Waals surface area (Å²) in [5.41, 5.74) is 0. The van der Waals surface area contributed by atoms with Gasteiger partial charge in [0.2, 0.25) is 5.91 Å². The quantitative estimate of drug-likeness (QED) is 0.738. The summed E-state index contributed by atoms with van der Waals surface area (Å²) >= 11 is -2.15. The van der Waals surface area contributed by atoms with E-state index in [0.717, 1.165) is 25.7 Å². The molecule has 4 nitrogen and oxygen atoms in total. The van der Waals surface area contributed by atoms with Gasteiger partial charge in [-0.3, -0.25) is 9.00 Å². The molecule has 1 unspecified atom stereocenters. The molecular weight excluding hydrogens is 214 g/mol. The highest BCUT2D eigenvalue weighted by atomic mass is 32.2. The zero-order chi connectivity index (χ0) is 11.3. The lowest BCUT2D eigenvalue weighted by Gasteiger charge is -2.23. The molecule has 1 saturated carbocycles. The highest BCUT2D eigenvalue weighted by Crippen LogP contribution is 2.17. The molecule has 1 rings (SSSR count). The molecule has 0 bridgehead atoms. The standard InChI is InChI=1S/C10H19NO3S/c1-8(15(13)14)7-10(12)11-9-5-3-2-4-6-9/h8-9H,2-7H2,1H3,(H,11,12)(H,13,14)/p-1/t8-/m0/s1. The summed E-state index contributed by atoms with van der Waals surface area (Å²) in [6.07, 6.45) is 5.70. The van der Waals surface area contributed by atoms with Crippen molar-refractivity contribution in [1.82, 2.24) is 5.32 Å². The molecule has 0 aromatic rings. The molecule has 1 N–H and O–H groups in total. The Labute approximate surface area is 93.1 Å². The first kappa shape index (κ1) is 12.6. The second-order valence-electron chi connectivity index (χ2n) is 4.18. The van der Waals surface area contributed by atoms with Gasteiger partial charge in [-0.05, 0) is 12.8 Å². The second kappa shape index (κ2) is 6.23. The molecule has 0 aliphatic heterocycles. The summed E-state index contributed by atoms with van der Waals surface area (Å²) in [6.45, 7) is 1.55. The molecule has 1 aliphatic carbocycles. The maximum absolute atomic E-state index is 11.4. The third kappa shape index (κ3) is 4.75. The van der Waals surface area contributed by atoms with E-state index in [-0.39, 0.29) is 18.4 Å². The number of carbonyl (C=O) groups is 1. The Balaban J connectivity index is 2.25. The molecule has 0 aromatic heterocycles. The molecule has 0 heterocycles. The normalized spacial score (nSPS) is 22.0. The predicted molar refractivity (Wildman–Crippen MR) is 58.0 cm³/mol. The Kier molecular flexibility index (Phi) is 5.25. The average Bonchev–Trinajstić information content (AvgIpc) is 2.18. The minimum absolute atomic E-state index is 0.0760. The maximum Gasteiger partial charge on any atom is 0.221 e. The van der Waals surface area contributed by atoms with Gasteiger partial charge >= 0.3 is 0 Å². The smallest absolute Gasteiger partial charge is 0.221 e. The molecule has 0 saturated heterocycles. The van der Waals surface area contributed by atoms with Crippen LogP contribution in [-0.4, -0.2) is 26.0 Å². The SMILES string of the molecule is C[C@@H](CC(=O)NC1CCCCC1)S(=O)[O-]. The Bertz CT molecular complexity index is 239. The monoisotopic (exact) mass is 232 g/mol. The van der Waals surface area contributed by atoms with Crippen molar-refractivity contribution in [2.45, 2.75) is 56.7 Å². The van der Waals surface area contributed by atoms with E-state index in [4.69, 9.17) is 0 Å². The Hall–Kier alpha value is -0.420. The molecule has 1 amide bonds. The fraction of sp³-hybridized carbons (Fsp3) is 0.900. The van der Waals surface area contributed by atoms with Crippen molar-refractivity contribution in [3.8, 4) is 0 Å². The molecule has 0 radical (unpaired) electrons. The van der Waals surface area contributed by atoms with Crippen LogP contribution in [0.2, 0.25) is 0 Å². The minimum Gasteiger partial charge on any atom is -0.772 e. The summed E-state index contributed by atoms with van der Waals surface area (Å²) in [5.74, 6) is -0.140. The Morgan fingerprint density at radius 2 is 2.07 bits per heavy atom. The Morgan fingerprint density at radius 1 is 1.47 bits per heavy atom. The Morgan fingerprint density at radius 3 is 2.60 bits per heavy atom. The third-order valence-electron chi connectivity index (χ3n) is 2.77. The summed E-state index contributed by atoms with van der Waals surface area (Å²) in [7, 11) is 0. The van der Waals surface area contributed by atoms with Gasteiger partial charge in [-0.15, -0.1) is 0 Å². The number of carbonyl (C=O) groups excluding carboxylic acids is 1. The van der Waals surface area contributed by atoms with E-state index < -0.39 is 16.3 Å². The number of hydrogen-bond acceptors (Lipinski definition) is 3. The van der Waals surface area contributed by atoms with Gasteiger partial charge in [0, 0.05) is 17.7 Å². The lowest BCUT2D eigenvalue weighted by Crippen LogP contribution is -2.37. The topological polar surface area (TPSA) is 69.2 Å². The maximum atomic E-state index is 11.4. The molecule has 15 heavy (non-hydrogen) atoms. The van der Waals surface area contributed by atoms with Crippen molar-refractivity contribution in [3.05, 3.63) is 0 Å². The molecule has 1 aliphatic rings. The van der Waals surface area contributed by atoms with E-state index in [2.05, 4.69) is 5.32 Å². The van der Waals surface area contributed by atoms with Crippen LogP contribution in [0.3, 0.4) is 0 Å². The molecule has 88 valence electrons. The van der Waals surface area contributed by atoms with Crippen molar-refractivity contribution in [2.24, 2.45) is 0 Å². The lowest BCUT2D eigenvalue weighted by atomic mass is 9.95. The van der Waals surface area contributed by atoms with E-state index in [1.807, 2.05) is 0 Å². The van der Waals surface area contributed by atoms with Gasteiger partial charge < -0.3 is 9.87 Å². The first-order valence-electron chi connectivity index (χ1n) is 5.47. The van der Waals surface area contributed by atoms with Crippen molar-refractivity contribution in [3.63, 3.8) is 0 Å². The average molecular weight is 232 g/mol. The predicted octanol–water partition coefficient (Wildman–Crippen LogP) is 1.09. The zero-order valence-corrected chi connectivity index (χ0v) is 9.85. The summed E-state index contributed by atoms with van der Waals surface area (Å²) in [4.78, 5) is 11.4. The summed E-state index contributed by atoms with van der Waals surface area (Å²) in [5, 5.41) is 2.30. The van der Waals surface area contributed by atoms with Crippen LogP contribution in [0.25, 0.3) is 0 Å². The molecule has 2 atom stereocenters. The summed E-state index contributed by atoms with van der Waals surface area (Å²) < 4.78 is 21.1. The van der Waals surface area contributed by atoms with Crippen molar-refractivity contribution in [2.75, 3.05) is 0 Å². The van der Waals surface area contributed by atoms with Gasteiger partial charge in [0.1, 0.15) is 0 Å². The van der Waals surface area contributed by atoms with Gasteiger partial charge in [-0.25, -0.2) is 0 Å². The van der Waals surface area contributed by atoms with E-state index >= 15 is 0 Å². The fourth-order valence-corrected chi connectivity index (χ4v) is 2.15. The van der Waals surface area contributed by atoms with Crippen LogP contribution in [0.5, 0.6) is 0 Å². The van der Waals surface area contributed by atoms with Gasteiger partial charge in [0.15, 0.2) is 0 Å². The van der Waals surface area contributed by atoms with Crippen LogP contribution in [0.15, 0.2) is 0 Å². The van der Waals surface area contributed by atoms with Crippen molar-refractivity contribution < 1.29 is 13.6 Å². The van der Waals surface area contributed by atoms with Gasteiger partial charge in [-0.2, -0.15) is 0 Å². The molecule has 5 heteroatoms. The number of hydrogen-bond donors (Lipinski definition) is 1. The van der Waals surface area contributed by atoms with Crippen LogP contribution in [-0.2, 0) is 15.9 Å². The molecular formula is C10H18NO3S-. The highest BCUT2D eigenvalue weighted by molar-refractivity contribution is 7.79. The van der Waals surface area contributed by atoms with Crippen LogP contribution in [0.4, 0.5) is 0 Å². The largest absolute Gasteiger partial charge is 0.772 e. The van der Waals surface area contributed by atoms with Crippen LogP contribution < -0.4 is 5.32 Å². The van der Waals surface area contributed by atoms with E-state index in [0.29, 0.717) is 0 Å². The number of nitrogens with one attached hydrogen (secondary N) is 1. The highest BCUT2D eigenvalue weighted by Gasteiger charge is 2.17. The van der Waals surface area contributed by atoms with Gasteiger partial charge in [-0.1, -0.05) is 37.3 Å². The lowest BCUT2D eigenvalue weighted by molar-refractivity contribution is -0.121. The van der Waals surface area contributed by atoms with Crippen molar-refractivity contribution in [1.29, 1.82) is 0 Å². The summed E-state index contributed by atoms with van der Waals surface area (Å²) in [6, 6.07) is 0.263. The van der Waals surface area contributed by atoms with E-state index in [1.165, 1.54) is 6.42 Å². The molecule has 0 spiro atoms. The first-order valence-corrected chi connectivity index (χ1v) is 6.61. The number of rotatable bonds is 4. The van der Waals surface area contributed by atoms with Crippen LogP contribution in [0, 0.1) is 0 Å². The molecule has 1 fully saturated rings. The van der Waals surface area contributed by atoms with E-state index in [9.17, 15) is 13.6 Å². The van der Waals surface area contributed by atoms with E-state index in [1.54, 1.807) is 6.92 Å². The second-order valence-corrected chi connectivity index (χ2v) is 5.50. The first-order chi connectivity index (χ1) is 7.09. The third-order valence-corrected chi connectivity index (χ3v) is 3.60. The fourth-order valence-electron chi connectivity index (χ4n) is 1.86. The molecule has 0 aromatic carbocycles. The van der Waals surface area contributed by atoms with Gasteiger partial charge in [0.25, 0.3) is 0 Å². The minimum atomic E-state index is -2.15. The number of amides is 1. The van der Waals surface area contributed by atoms with Crippen LogP contribution in [0.1, 0.15) is 45.4 Å². The van der Waals surface area contributed by atoms with Crippen molar-refractivity contribution >= 4 is 17.0 Å². The van der Waals surface area contributed by atoms with Gasteiger partial charge in [0.05, 0.1) is 0 Å².